The van der Waals surface area contributed by atoms with Gasteiger partial charge in [0.05, 0.1) is 5.69 Å². The summed E-state index contributed by atoms with van der Waals surface area (Å²) in [6, 6.07) is 7.41. The van der Waals surface area contributed by atoms with Gasteiger partial charge >= 0.3 is 4.87 Å². The zero-order valence-electron chi connectivity index (χ0n) is 11.4. The number of nitrogens with zero attached hydrogens (tertiary/aromatic N) is 1. The van der Waals surface area contributed by atoms with Gasteiger partial charge in [-0.2, -0.15) is 0 Å². The van der Waals surface area contributed by atoms with Crippen molar-refractivity contribution in [2.24, 2.45) is 0 Å². The van der Waals surface area contributed by atoms with E-state index in [1.165, 1.54) is 4.31 Å². The van der Waals surface area contributed by atoms with Gasteiger partial charge in [-0.1, -0.05) is 29.5 Å². The van der Waals surface area contributed by atoms with Crippen molar-refractivity contribution >= 4 is 27.0 Å². The summed E-state index contributed by atoms with van der Waals surface area (Å²) in [7, 11) is -3.73. The number of sulfonamides is 1. The Bertz CT molecular complexity index is 823. The Hall–Kier alpha value is -1.64. The molecule has 0 fully saturated rings. The molecule has 0 bridgehead atoms. The summed E-state index contributed by atoms with van der Waals surface area (Å²) in [4.78, 5) is 13.6. The van der Waals surface area contributed by atoms with Crippen LogP contribution in [-0.2, 0) is 16.6 Å². The first-order chi connectivity index (χ1) is 10.00. The normalized spacial score (nSPS) is 15.6. The number of benzene rings is 1. The van der Waals surface area contributed by atoms with E-state index >= 15 is 0 Å². The van der Waals surface area contributed by atoms with E-state index in [0.717, 1.165) is 16.9 Å². The molecule has 2 heterocycles. The fourth-order valence-corrected chi connectivity index (χ4v) is 5.32. The summed E-state index contributed by atoms with van der Waals surface area (Å²) in [5.74, 6) is 0. The summed E-state index contributed by atoms with van der Waals surface area (Å²) in [6.07, 6.45) is 0. The first kappa shape index (κ1) is 14.3. The predicted molar refractivity (Wildman–Crippen MR) is 82.4 cm³/mol. The largest absolute Gasteiger partial charge is 0.315 e. The van der Waals surface area contributed by atoms with Gasteiger partial charge in [0.25, 0.3) is 10.0 Å². The quantitative estimate of drug-likeness (QED) is 0.864. The van der Waals surface area contributed by atoms with Crippen LogP contribution in [0, 0.1) is 6.92 Å². The van der Waals surface area contributed by atoms with E-state index in [-0.39, 0.29) is 9.08 Å². The van der Waals surface area contributed by atoms with Gasteiger partial charge in [0.15, 0.2) is 4.21 Å². The summed E-state index contributed by atoms with van der Waals surface area (Å²) in [5.41, 5.74) is 1.99. The number of H-pyrrole nitrogens is 1. The molecule has 6 nitrogen and oxygen atoms in total. The van der Waals surface area contributed by atoms with E-state index < -0.39 is 10.0 Å². The monoisotopic (exact) mass is 325 g/mol. The SMILES string of the molecule is Cc1[nH]c(=O)sc1S(=O)(=O)N1CCNCc2ccccc21. The van der Waals surface area contributed by atoms with Crippen LogP contribution in [0.2, 0.25) is 0 Å². The molecule has 0 saturated carbocycles. The molecule has 0 radical (unpaired) electrons. The van der Waals surface area contributed by atoms with Crippen LogP contribution in [0.15, 0.2) is 33.3 Å². The zero-order chi connectivity index (χ0) is 15.0. The number of fused-ring (bicyclic) bond motifs is 1. The molecule has 1 aliphatic heterocycles. The van der Waals surface area contributed by atoms with E-state index in [0.29, 0.717) is 31.0 Å². The molecule has 1 aromatic heterocycles. The molecule has 0 unspecified atom stereocenters. The molecule has 0 amide bonds. The van der Waals surface area contributed by atoms with Crippen LogP contribution in [-0.4, -0.2) is 26.5 Å². The average molecular weight is 325 g/mol. The lowest BCUT2D eigenvalue weighted by molar-refractivity contribution is 0.590. The Morgan fingerprint density at radius 3 is 2.76 bits per heavy atom. The van der Waals surface area contributed by atoms with Crippen LogP contribution >= 0.6 is 11.3 Å². The third kappa shape index (κ3) is 2.50. The van der Waals surface area contributed by atoms with Gasteiger partial charge in [-0.25, -0.2) is 8.42 Å². The molecule has 0 aliphatic carbocycles. The van der Waals surface area contributed by atoms with Crippen molar-refractivity contribution < 1.29 is 8.42 Å². The van der Waals surface area contributed by atoms with Crippen molar-refractivity contribution in [2.75, 3.05) is 17.4 Å². The summed E-state index contributed by atoms with van der Waals surface area (Å²) >= 11 is 0.735. The van der Waals surface area contributed by atoms with Crippen LogP contribution < -0.4 is 14.5 Å². The van der Waals surface area contributed by atoms with Crippen LogP contribution in [0.3, 0.4) is 0 Å². The highest BCUT2D eigenvalue weighted by atomic mass is 32.2. The van der Waals surface area contributed by atoms with E-state index in [1.807, 2.05) is 18.2 Å². The Morgan fingerprint density at radius 1 is 1.29 bits per heavy atom. The molecule has 1 aliphatic rings. The van der Waals surface area contributed by atoms with Crippen molar-refractivity contribution in [3.63, 3.8) is 0 Å². The lowest BCUT2D eigenvalue weighted by Crippen LogP contribution is -2.34. The van der Waals surface area contributed by atoms with Crippen molar-refractivity contribution in [1.29, 1.82) is 0 Å². The van der Waals surface area contributed by atoms with Crippen molar-refractivity contribution in [3.8, 4) is 0 Å². The molecule has 112 valence electrons. The number of nitrogens with one attached hydrogen (secondary N) is 2. The maximum Gasteiger partial charge on any atom is 0.306 e. The average Bonchev–Trinajstić information content (AvgIpc) is 2.68. The number of para-hydroxylation sites is 1. The molecular weight excluding hydrogens is 310 g/mol. The number of hydrogen-bond donors (Lipinski definition) is 2. The van der Waals surface area contributed by atoms with Crippen LogP contribution in [0.5, 0.6) is 0 Å². The highest BCUT2D eigenvalue weighted by molar-refractivity contribution is 7.94. The second kappa shape index (κ2) is 5.28. The Kier molecular flexibility index (Phi) is 3.60. The van der Waals surface area contributed by atoms with Crippen molar-refractivity contribution in [1.82, 2.24) is 10.3 Å². The van der Waals surface area contributed by atoms with Gasteiger partial charge in [-0.3, -0.25) is 9.10 Å². The molecule has 0 spiro atoms. The topological polar surface area (TPSA) is 82.3 Å². The maximum absolute atomic E-state index is 12.9. The molecule has 0 saturated heterocycles. The molecule has 1 aromatic carbocycles. The fraction of sp³-hybridized carbons (Fsp3) is 0.308. The van der Waals surface area contributed by atoms with Gasteiger partial charge < -0.3 is 10.3 Å². The third-order valence-corrected chi connectivity index (χ3v) is 6.77. The first-order valence-corrected chi connectivity index (χ1v) is 8.77. The van der Waals surface area contributed by atoms with Crippen molar-refractivity contribution in [3.05, 3.63) is 45.2 Å². The number of rotatable bonds is 2. The van der Waals surface area contributed by atoms with Crippen molar-refractivity contribution in [2.45, 2.75) is 17.7 Å². The van der Waals surface area contributed by atoms with E-state index in [9.17, 15) is 13.2 Å². The smallest absolute Gasteiger partial charge is 0.306 e. The second-order valence-corrected chi connectivity index (χ2v) is 7.85. The number of aryl methyl sites for hydroxylation is 1. The molecule has 2 N–H and O–H groups in total. The van der Waals surface area contributed by atoms with Crippen LogP contribution in [0.25, 0.3) is 0 Å². The standard InChI is InChI=1S/C13H15N3O3S2/c1-9-12(20-13(17)15-9)21(18,19)16-7-6-14-8-10-4-2-3-5-11(10)16/h2-5,14H,6-8H2,1H3,(H,15,17). The lowest BCUT2D eigenvalue weighted by Gasteiger charge is -2.23. The number of aromatic nitrogens is 1. The Balaban J connectivity index is 2.15. The molecule has 2 aromatic rings. The summed E-state index contributed by atoms with van der Waals surface area (Å²) < 4.78 is 27.2. The summed E-state index contributed by atoms with van der Waals surface area (Å²) in [6.45, 7) is 3.13. The van der Waals surface area contributed by atoms with E-state index in [4.69, 9.17) is 0 Å². The molecule has 3 rings (SSSR count). The minimum absolute atomic E-state index is 0.0872. The minimum atomic E-state index is -3.73. The van der Waals surface area contributed by atoms with Crippen LogP contribution in [0.4, 0.5) is 5.69 Å². The molecule has 0 atom stereocenters. The fourth-order valence-electron chi connectivity index (χ4n) is 2.41. The molecule has 21 heavy (non-hydrogen) atoms. The highest BCUT2D eigenvalue weighted by Gasteiger charge is 2.30. The maximum atomic E-state index is 12.9. The molecular formula is C13H15N3O3S2. The van der Waals surface area contributed by atoms with Gasteiger partial charge in [-0.15, -0.1) is 0 Å². The molecule has 8 heteroatoms. The third-order valence-electron chi connectivity index (χ3n) is 3.37. The number of hydrogen-bond acceptors (Lipinski definition) is 5. The number of thiazole rings is 1. The summed E-state index contributed by atoms with van der Waals surface area (Å²) in [5, 5.41) is 3.20. The minimum Gasteiger partial charge on any atom is -0.315 e. The zero-order valence-corrected chi connectivity index (χ0v) is 13.1. The lowest BCUT2D eigenvalue weighted by atomic mass is 10.2. The Labute approximate surface area is 126 Å². The second-order valence-electron chi connectivity index (χ2n) is 4.81. The van der Waals surface area contributed by atoms with E-state index in [2.05, 4.69) is 10.3 Å². The van der Waals surface area contributed by atoms with Crippen LogP contribution in [0.1, 0.15) is 11.3 Å². The number of aromatic amines is 1. The highest BCUT2D eigenvalue weighted by Crippen LogP contribution is 2.30. The van der Waals surface area contributed by atoms with Gasteiger partial charge in [0.1, 0.15) is 0 Å². The predicted octanol–water partition coefficient (Wildman–Crippen LogP) is 1.04. The first-order valence-electron chi connectivity index (χ1n) is 6.51. The van der Waals surface area contributed by atoms with Gasteiger partial charge in [0, 0.05) is 25.3 Å². The van der Waals surface area contributed by atoms with E-state index in [1.54, 1.807) is 13.0 Å². The Morgan fingerprint density at radius 2 is 2.05 bits per heavy atom. The van der Waals surface area contributed by atoms with Gasteiger partial charge in [-0.05, 0) is 18.6 Å². The van der Waals surface area contributed by atoms with Gasteiger partial charge in [0.2, 0.25) is 0 Å². The number of anilines is 1.